The zero-order valence-electron chi connectivity index (χ0n) is 8.94. The van der Waals surface area contributed by atoms with E-state index in [1.165, 1.54) is 0 Å². The molecule has 14 heavy (non-hydrogen) atoms. The van der Waals surface area contributed by atoms with E-state index >= 15 is 0 Å². The smallest absolute Gasteiger partial charge is 0.168 e. The predicted molar refractivity (Wildman–Crippen MR) is 54.3 cm³/mol. The molecule has 0 aliphatic heterocycles. The van der Waals surface area contributed by atoms with Crippen LogP contribution in [0.15, 0.2) is 12.3 Å². The van der Waals surface area contributed by atoms with Crippen molar-refractivity contribution in [1.82, 2.24) is 4.98 Å². The summed E-state index contributed by atoms with van der Waals surface area (Å²) in [6, 6.07) is 0.884. The van der Waals surface area contributed by atoms with Gasteiger partial charge in [-0.15, -0.1) is 0 Å². The van der Waals surface area contributed by atoms with Crippen LogP contribution in [0.25, 0.3) is 0 Å². The summed E-state index contributed by atoms with van der Waals surface area (Å²) in [7, 11) is 0. The van der Waals surface area contributed by atoms with Crippen molar-refractivity contribution in [2.75, 3.05) is 5.32 Å². The summed E-state index contributed by atoms with van der Waals surface area (Å²) >= 11 is 0. The lowest BCUT2D eigenvalue weighted by Gasteiger charge is -2.08. The van der Waals surface area contributed by atoms with Crippen LogP contribution in [0.5, 0.6) is 0 Å². The Kier molecular flexibility index (Phi) is 5.76. The molecule has 0 atom stereocenters. The second kappa shape index (κ2) is 6.29. The molecule has 0 fully saturated rings. The van der Waals surface area contributed by atoms with Gasteiger partial charge >= 0.3 is 0 Å². The van der Waals surface area contributed by atoms with Crippen LogP contribution in [0.1, 0.15) is 27.7 Å². The fourth-order valence-electron chi connectivity index (χ4n) is 0.794. The summed E-state index contributed by atoms with van der Waals surface area (Å²) in [5.74, 6) is -1.24. The maximum Gasteiger partial charge on any atom is 0.168 e. The van der Waals surface area contributed by atoms with Crippen LogP contribution < -0.4 is 5.32 Å². The molecule has 0 radical (unpaired) electrons. The zero-order chi connectivity index (χ0) is 11.1. The van der Waals surface area contributed by atoms with Crippen LogP contribution in [-0.4, -0.2) is 11.0 Å². The van der Waals surface area contributed by atoms with Gasteiger partial charge < -0.3 is 5.32 Å². The standard InChI is InChI=1S/C8H10F2N2.C2H6/c1-5(2)12-8-7(10)3-6(9)4-11-8;1-2/h3-5H,1-2H3,(H,11,12);1-2H3. The molecule has 1 N–H and O–H groups in total. The SMILES string of the molecule is CC.CC(C)Nc1ncc(F)cc1F. The van der Waals surface area contributed by atoms with Gasteiger partial charge in [-0.25, -0.2) is 13.8 Å². The van der Waals surface area contributed by atoms with E-state index in [0.29, 0.717) is 0 Å². The summed E-state index contributed by atoms with van der Waals surface area (Å²) < 4.78 is 25.2. The minimum absolute atomic E-state index is 0.0810. The lowest BCUT2D eigenvalue weighted by Crippen LogP contribution is -2.12. The summed E-state index contributed by atoms with van der Waals surface area (Å²) in [4.78, 5) is 3.56. The Labute approximate surface area is 83.4 Å². The Bertz CT molecular complexity index is 275. The highest BCUT2D eigenvalue weighted by molar-refractivity contribution is 5.36. The topological polar surface area (TPSA) is 24.9 Å². The van der Waals surface area contributed by atoms with Crippen LogP contribution in [0.3, 0.4) is 0 Å². The number of pyridine rings is 1. The Morgan fingerprint density at radius 2 is 1.86 bits per heavy atom. The predicted octanol–water partition coefficient (Wildman–Crippen LogP) is 3.21. The normalized spacial score (nSPS) is 9.36. The molecule has 0 amide bonds. The second-order valence-corrected chi connectivity index (χ2v) is 2.78. The number of hydrogen-bond acceptors (Lipinski definition) is 2. The fraction of sp³-hybridized carbons (Fsp3) is 0.500. The van der Waals surface area contributed by atoms with Crippen molar-refractivity contribution in [2.45, 2.75) is 33.7 Å². The minimum atomic E-state index is -0.665. The number of halogens is 2. The third-order valence-corrected chi connectivity index (χ3v) is 1.23. The van der Waals surface area contributed by atoms with Gasteiger partial charge in [-0.2, -0.15) is 0 Å². The van der Waals surface area contributed by atoms with E-state index in [2.05, 4.69) is 10.3 Å². The summed E-state index contributed by atoms with van der Waals surface area (Å²) in [5, 5.41) is 2.75. The largest absolute Gasteiger partial charge is 0.365 e. The van der Waals surface area contributed by atoms with E-state index in [0.717, 1.165) is 12.3 Å². The van der Waals surface area contributed by atoms with Gasteiger partial charge in [0, 0.05) is 12.1 Å². The summed E-state index contributed by atoms with van der Waals surface area (Å²) in [6.07, 6.45) is 0.980. The maximum absolute atomic E-state index is 12.8. The first-order valence-electron chi connectivity index (χ1n) is 4.67. The van der Waals surface area contributed by atoms with Gasteiger partial charge in [0.25, 0.3) is 0 Å². The molecule has 1 aromatic rings. The average Bonchev–Trinajstić information content (AvgIpc) is 2.13. The second-order valence-electron chi connectivity index (χ2n) is 2.78. The molecule has 80 valence electrons. The molecule has 0 aliphatic rings. The van der Waals surface area contributed by atoms with E-state index in [-0.39, 0.29) is 11.9 Å². The first kappa shape index (κ1) is 12.8. The van der Waals surface area contributed by atoms with Crippen molar-refractivity contribution in [2.24, 2.45) is 0 Å². The molecule has 1 rings (SSSR count). The highest BCUT2D eigenvalue weighted by atomic mass is 19.1. The molecule has 4 heteroatoms. The number of aromatic nitrogens is 1. The molecule has 2 nitrogen and oxygen atoms in total. The fourth-order valence-corrected chi connectivity index (χ4v) is 0.794. The van der Waals surface area contributed by atoms with Crippen molar-refractivity contribution >= 4 is 5.82 Å². The monoisotopic (exact) mass is 202 g/mol. The van der Waals surface area contributed by atoms with Crippen LogP contribution >= 0.6 is 0 Å². The molecular weight excluding hydrogens is 186 g/mol. The molecule has 0 aliphatic carbocycles. The van der Waals surface area contributed by atoms with Gasteiger partial charge in [-0.3, -0.25) is 0 Å². The lowest BCUT2D eigenvalue weighted by atomic mass is 10.3. The Morgan fingerprint density at radius 1 is 1.29 bits per heavy atom. The third kappa shape index (κ3) is 4.16. The molecule has 0 saturated heterocycles. The van der Waals surface area contributed by atoms with Gasteiger partial charge in [-0.05, 0) is 13.8 Å². The number of nitrogens with one attached hydrogen (secondary N) is 1. The minimum Gasteiger partial charge on any atom is -0.365 e. The number of rotatable bonds is 2. The van der Waals surface area contributed by atoms with E-state index in [4.69, 9.17) is 0 Å². The van der Waals surface area contributed by atoms with Crippen LogP contribution in [0.4, 0.5) is 14.6 Å². The van der Waals surface area contributed by atoms with Crippen molar-refractivity contribution < 1.29 is 8.78 Å². The van der Waals surface area contributed by atoms with Gasteiger partial charge in [-0.1, -0.05) is 13.8 Å². The van der Waals surface area contributed by atoms with E-state index in [9.17, 15) is 8.78 Å². The molecule has 0 unspecified atom stereocenters. The molecule has 1 aromatic heterocycles. The van der Waals surface area contributed by atoms with Crippen LogP contribution in [-0.2, 0) is 0 Å². The first-order chi connectivity index (χ1) is 6.59. The molecule has 0 spiro atoms. The quantitative estimate of drug-likeness (QED) is 0.796. The van der Waals surface area contributed by atoms with Crippen LogP contribution in [0.2, 0.25) is 0 Å². The number of hydrogen-bond donors (Lipinski definition) is 1. The van der Waals surface area contributed by atoms with Crippen molar-refractivity contribution in [3.05, 3.63) is 23.9 Å². The summed E-state index contributed by atoms with van der Waals surface area (Å²) in [6.45, 7) is 7.70. The van der Waals surface area contributed by atoms with E-state index in [1.54, 1.807) is 0 Å². The maximum atomic E-state index is 12.8. The summed E-state index contributed by atoms with van der Waals surface area (Å²) in [5.41, 5.74) is 0. The lowest BCUT2D eigenvalue weighted by molar-refractivity contribution is 0.574. The molecule has 0 saturated carbocycles. The van der Waals surface area contributed by atoms with Gasteiger partial charge in [0.15, 0.2) is 11.6 Å². The van der Waals surface area contributed by atoms with Gasteiger partial charge in [0.1, 0.15) is 5.82 Å². The number of nitrogens with zero attached hydrogens (tertiary/aromatic N) is 1. The Morgan fingerprint density at radius 3 is 2.29 bits per heavy atom. The van der Waals surface area contributed by atoms with Gasteiger partial charge in [0.05, 0.1) is 6.20 Å². The molecule has 0 bridgehead atoms. The van der Waals surface area contributed by atoms with Crippen molar-refractivity contribution in [3.63, 3.8) is 0 Å². The highest BCUT2D eigenvalue weighted by Gasteiger charge is 2.05. The Balaban J connectivity index is 0.000000791. The first-order valence-corrected chi connectivity index (χ1v) is 4.67. The average molecular weight is 202 g/mol. The Hall–Kier alpha value is -1.19. The van der Waals surface area contributed by atoms with Gasteiger partial charge in [0.2, 0.25) is 0 Å². The third-order valence-electron chi connectivity index (χ3n) is 1.23. The van der Waals surface area contributed by atoms with E-state index < -0.39 is 11.6 Å². The van der Waals surface area contributed by atoms with Crippen molar-refractivity contribution in [3.8, 4) is 0 Å². The molecule has 0 aromatic carbocycles. The molecular formula is C10H16F2N2. The van der Waals surface area contributed by atoms with Crippen LogP contribution in [0, 0.1) is 11.6 Å². The van der Waals surface area contributed by atoms with Crippen molar-refractivity contribution in [1.29, 1.82) is 0 Å². The number of anilines is 1. The zero-order valence-corrected chi connectivity index (χ0v) is 8.94. The van der Waals surface area contributed by atoms with E-state index in [1.807, 2.05) is 27.7 Å². The molecule has 1 heterocycles. The highest BCUT2D eigenvalue weighted by Crippen LogP contribution is 2.11.